The Morgan fingerprint density at radius 2 is 1.86 bits per heavy atom. The van der Waals surface area contributed by atoms with Crippen molar-refractivity contribution in [2.24, 2.45) is 5.92 Å². The van der Waals surface area contributed by atoms with Crippen LogP contribution in [-0.4, -0.2) is 21.1 Å². The van der Waals surface area contributed by atoms with Crippen LogP contribution in [0.2, 0.25) is 10.2 Å². The number of halogens is 5. The van der Waals surface area contributed by atoms with Gasteiger partial charge in [-0.15, -0.1) is 0 Å². The van der Waals surface area contributed by atoms with Gasteiger partial charge in [-0.1, -0.05) is 36.0 Å². The third-order valence-corrected chi connectivity index (χ3v) is 4.61. The average molecular weight is 338 g/mol. The second-order valence-corrected chi connectivity index (χ2v) is 6.06. The first-order valence-electron chi connectivity index (χ1n) is 6.64. The number of aromatic amines is 1. The minimum Gasteiger partial charge on any atom is -0.340 e. The summed E-state index contributed by atoms with van der Waals surface area (Å²) in [7, 11) is 0. The van der Waals surface area contributed by atoms with E-state index in [-0.39, 0.29) is 16.6 Å². The lowest BCUT2D eigenvalue weighted by atomic mass is 9.78. The van der Waals surface area contributed by atoms with E-state index in [4.69, 9.17) is 23.2 Å². The number of aromatic nitrogens is 3. The summed E-state index contributed by atoms with van der Waals surface area (Å²) in [6.07, 6.45) is -2.25. The van der Waals surface area contributed by atoms with Gasteiger partial charge in [-0.05, 0) is 18.9 Å². The Bertz CT molecular complexity index is 629. The van der Waals surface area contributed by atoms with Crippen LogP contribution in [0.3, 0.4) is 0 Å². The van der Waals surface area contributed by atoms with E-state index in [1.165, 1.54) is 6.07 Å². The van der Waals surface area contributed by atoms with Crippen molar-refractivity contribution in [2.45, 2.75) is 37.8 Å². The number of nitrogens with one attached hydrogen (secondary N) is 1. The van der Waals surface area contributed by atoms with Crippen molar-refractivity contribution in [1.82, 2.24) is 15.0 Å². The first kappa shape index (κ1) is 14.9. The van der Waals surface area contributed by atoms with Gasteiger partial charge in [-0.25, -0.2) is 9.97 Å². The van der Waals surface area contributed by atoms with E-state index < -0.39 is 18.0 Å². The molecule has 0 amide bonds. The van der Waals surface area contributed by atoms with E-state index in [0.717, 1.165) is 6.42 Å². The summed E-state index contributed by atoms with van der Waals surface area (Å²) < 4.78 is 39.5. The molecule has 1 saturated carbocycles. The predicted molar refractivity (Wildman–Crippen MR) is 74.7 cm³/mol. The zero-order valence-electron chi connectivity index (χ0n) is 10.8. The van der Waals surface area contributed by atoms with Gasteiger partial charge in [-0.3, -0.25) is 0 Å². The molecule has 0 aromatic carbocycles. The Morgan fingerprint density at radius 3 is 2.57 bits per heavy atom. The largest absolute Gasteiger partial charge is 0.392 e. The van der Waals surface area contributed by atoms with Crippen LogP contribution in [0.25, 0.3) is 11.2 Å². The molecule has 2 unspecified atom stereocenters. The van der Waals surface area contributed by atoms with Gasteiger partial charge in [0.05, 0.1) is 16.5 Å². The molecule has 114 valence electrons. The maximum absolute atomic E-state index is 13.2. The molecule has 2 aromatic rings. The normalized spacial score (nSPS) is 23.7. The Kier molecular flexibility index (Phi) is 3.78. The highest BCUT2D eigenvalue weighted by Gasteiger charge is 2.46. The molecule has 2 atom stereocenters. The number of nitrogens with zero attached hydrogens (tertiary/aromatic N) is 2. The molecule has 0 saturated heterocycles. The second-order valence-electron chi connectivity index (χ2n) is 5.29. The Balaban J connectivity index is 2.01. The molecule has 1 aliphatic carbocycles. The summed E-state index contributed by atoms with van der Waals surface area (Å²) in [5.41, 5.74) is 0.803. The zero-order valence-corrected chi connectivity index (χ0v) is 12.4. The number of fused-ring (bicyclic) bond motifs is 1. The summed E-state index contributed by atoms with van der Waals surface area (Å²) in [6, 6.07) is 1.54. The van der Waals surface area contributed by atoms with Crippen molar-refractivity contribution in [3.63, 3.8) is 0 Å². The van der Waals surface area contributed by atoms with Crippen molar-refractivity contribution in [3.8, 4) is 0 Å². The number of hydrogen-bond donors (Lipinski definition) is 1. The number of pyridine rings is 1. The molecular formula is C13H12Cl2F3N3. The minimum atomic E-state index is -4.22. The first-order chi connectivity index (χ1) is 9.86. The van der Waals surface area contributed by atoms with Crippen molar-refractivity contribution in [1.29, 1.82) is 0 Å². The van der Waals surface area contributed by atoms with Gasteiger partial charge in [0.1, 0.15) is 11.0 Å². The summed E-state index contributed by atoms with van der Waals surface area (Å²) in [4.78, 5) is 11.1. The molecular weight excluding hydrogens is 326 g/mol. The molecule has 1 N–H and O–H groups in total. The highest BCUT2D eigenvalue weighted by molar-refractivity contribution is 6.41. The van der Waals surface area contributed by atoms with Crippen LogP contribution in [-0.2, 0) is 0 Å². The monoisotopic (exact) mass is 337 g/mol. The molecule has 1 fully saturated rings. The van der Waals surface area contributed by atoms with Gasteiger partial charge in [0.15, 0.2) is 5.65 Å². The molecule has 0 bridgehead atoms. The van der Waals surface area contributed by atoms with Crippen LogP contribution in [0.4, 0.5) is 13.2 Å². The van der Waals surface area contributed by atoms with Crippen LogP contribution < -0.4 is 0 Å². The Morgan fingerprint density at radius 1 is 1.14 bits per heavy atom. The number of rotatable bonds is 1. The summed E-state index contributed by atoms with van der Waals surface area (Å²) in [6.45, 7) is 0. The fraction of sp³-hybridized carbons (Fsp3) is 0.538. The van der Waals surface area contributed by atoms with Gasteiger partial charge in [0, 0.05) is 5.92 Å². The summed E-state index contributed by atoms with van der Waals surface area (Å²) in [5.74, 6) is -1.71. The molecule has 3 rings (SSSR count). The van der Waals surface area contributed by atoms with Gasteiger partial charge < -0.3 is 4.98 Å². The first-order valence-corrected chi connectivity index (χ1v) is 7.40. The van der Waals surface area contributed by atoms with Crippen molar-refractivity contribution in [3.05, 3.63) is 22.1 Å². The predicted octanol–water partition coefficient (Wildman–Crippen LogP) is 5.10. The molecule has 1 aliphatic rings. The van der Waals surface area contributed by atoms with E-state index in [1.807, 2.05) is 0 Å². The second kappa shape index (κ2) is 5.32. The van der Waals surface area contributed by atoms with E-state index in [0.29, 0.717) is 29.8 Å². The van der Waals surface area contributed by atoms with Crippen LogP contribution in [0, 0.1) is 5.92 Å². The van der Waals surface area contributed by atoms with Gasteiger partial charge in [0.2, 0.25) is 0 Å². The Hall–Kier alpha value is -1.01. The molecule has 0 spiro atoms. The third-order valence-electron chi connectivity index (χ3n) is 3.94. The summed E-state index contributed by atoms with van der Waals surface area (Å²) >= 11 is 11.7. The number of imidazole rings is 1. The number of hydrogen-bond acceptors (Lipinski definition) is 2. The molecule has 2 heterocycles. The highest BCUT2D eigenvalue weighted by atomic mass is 35.5. The lowest BCUT2D eigenvalue weighted by Gasteiger charge is -2.31. The minimum absolute atomic E-state index is 0.0956. The zero-order chi connectivity index (χ0) is 15.2. The maximum atomic E-state index is 13.2. The van der Waals surface area contributed by atoms with E-state index >= 15 is 0 Å². The van der Waals surface area contributed by atoms with Crippen LogP contribution in [0.5, 0.6) is 0 Å². The van der Waals surface area contributed by atoms with Crippen LogP contribution >= 0.6 is 23.2 Å². The van der Waals surface area contributed by atoms with Gasteiger partial charge in [-0.2, -0.15) is 13.2 Å². The summed E-state index contributed by atoms with van der Waals surface area (Å²) in [5, 5.41) is 0.341. The smallest absolute Gasteiger partial charge is 0.340 e. The van der Waals surface area contributed by atoms with Crippen LogP contribution in [0.1, 0.15) is 37.4 Å². The molecule has 3 nitrogen and oxygen atoms in total. The van der Waals surface area contributed by atoms with Crippen LogP contribution in [0.15, 0.2) is 6.07 Å². The van der Waals surface area contributed by atoms with Crippen molar-refractivity contribution in [2.75, 3.05) is 0 Å². The Labute approximate surface area is 128 Å². The molecule has 21 heavy (non-hydrogen) atoms. The quantitative estimate of drug-likeness (QED) is 0.735. The number of H-pyrrole nitrogens is 1. The number of alkyl halides is 3. The SMILES string of the molecule is FC(F)(F)C1CCCCC1c1nc2nc(Cl)c(Cl)cc2[nH]1. The topological polar surface area (TPSA) is 41.6 Å². The van der Waals surface area contributed by atoms with Gasteiger partial charge in [0.25, 0.3) is 0 Å². The molecule has 0 aliphatic heterocycles. The molecule has 2 aromatic heterocycles. The lowest BCUT2D eigenvalue weighted by Crippen LogP contribution is -2.32. The van der Waals surface area contributed by atoms with Crippen molar-refractivity contribution < 1.29 is 13.2 Å². The fourth-order valence-corrected chi connectivity index (χ4v) is 3.23. The highest BCUT2D eigenvalue weighted by Crippen LogP contribution is 2.45. The third kappa shape index (κ3) is 2.83. The van der Waals surface area contributed by atoms with Crippen molar-refractivity contribution >= 4 is 34.4 Å². The molecule has 0 radical (unpaired) electrons. The molecule has 8 heteroatoms. The van der Waals surface area contributed by atoms with Gasteiger partial charge >= 0.3 is 6.18 Å². The fourth-order valence-electron chi connectivity index (χ4n) is 2.94. The van der Waals surface area contributed by atoms with E-state index in [9.17, 15) is 13.2 Å². The maximum Gasteiger partial charge on any atom is 0.392 e. The van der Waals surface area contributed by atoms with E-state index in [2.05, 4.69) is 15.0 Å². The standard InChI is InChI=1S/C13H12Cl2F3N3/c14-8-5-9-12(20-10(8)15)21-11(19-9)6-3-1-2-4-7(6)13(16,17)18/h5-7H,1-4H2,(H,19,20,21). The lowest BCUT2D eigenvalue weighted by molar-refractivity contribution is -0.187. The average Bonchev–Trinajstić information content (AvgIpc) is 2.81. The van der Waals surface area contributed by atoms with E-state index in [1.54, 1.807) is 0 Å².